The quantitative estimate of drug-likeness (QED) is 0.461. The molecule has 2 rings (SSSR count). The first kappa shape index (κ1) is 16.3. The molecule has 0 N–H and O–H groups in total. The summed E-state index contributed by atoms with van der Waals surface area (Å²) in [5.74, 6) is 2.44. The van der Waals surface area contributed by atoms with Crippen LogP contribution in [0.1, 0.15) is 39.5 Å². The van der Waals surface area contributed by atoms with Crippen LogP contribution in [0.25, 0.3) is 0 Å². The number of hydrogen-bond acceptors (Lipinski definition) is 1. The summed E-state index contributed by atoms with van der Waals surface area (Å²) in [5.41, 5.74) is 1.47. The van der Waals surface area contributed by atoms with E-state index in [4.69, 9.17) is 0 Å². The largest absolute Gasteiger partial charge is 0.361 e. The summed E-state index contributed by atoms with van der Waals surface area (Å²) < 4.78 is 0. The van der Waals surface area contributed by atoms with Gasteiger partial charge in [0.25, 0.3) is 0 Å². The Morgan fingerprint density at radius 2 is 2.10 bits per heavy atom. The fourth-order valence-corrected chi connectivity index (χ4v) is 4.66. The molecular formula is C19H28NP. The van der Waals surface area contributed by atoms with E-state index < -0.39 is 0 Å². The molecule has 0 spiro atoms. The lowest BCUT2D eigenvalue weighted by atomic mass is 10.2. The van der Waals surface area contributed by atoms with Crippen LogP contribution in [0, 0.1) is 0 Å². The van der Waals surface area contributed by atoms with E-state index in [1.54, 1.807) is 5.31 Å². The maximum Gasteiger partial charge on any atom is 0.0448 e. The van der Waals surface area contributed by atoms with Gasteiger partial charge in [0, 0.05) is 18.3 Å². The van der Waals surface area contributed by atoms with Crippen LogP contribution >= 0.6 is 7.92 Å². The third-order valence-corrected chi connectivity index (χ3v) is 6.09. The van der Waals surface area contributed by atoms with E-state index >= 15 is 0 Å². The monoisotopic (exact) mass is 301 g/mol. The van der Waals surface area contributed by atoms with E-state index in [1.165, 1.54) is 25.0 Å². The van der Waals surface area contributed by atoms with Crippen LogP contribution in [0.4, 0.5) is 0 Å². The molecule has 1 nitrogen and oxygen atoms in total. The summed E-state index contributed by atoms with van der Waals surface area (Å²) in [4.78, 5) is 2.56. The van der Waals surface area contributed by atoms with Crippen molar-refractivity contribution in [3.8, 4) is 0 Å². The summed E-state index contributed by atoms with van der Waals surface area (Å²) in [7, 11) is -0.151. The molecule has 0 fully saturated rings. The molecule has 1 heterocycles. The van der Waals surface area contributed by atoms with Crippen molar-refractivity contribution in [3.63, 3.8) is 0 Å². The van der Waals surface area contributed by atoms with Crippen LogP contribution in [0.3, 0.4) is 0 Å². The molecule has 1 aliphatic carbocycles. The van der Waals surface area contributed by atoms with E-state index in [0.717, 1.165) is 13.0 Å². The molecule has 2 heteroatoms. The molecule has 0 radical (unpaired) electrons. The Kier molecular flexibility index (Phi) is 6.51. The average molecular weight is 301 g/mol. The fourth-order valence-electron chi connectivity index (χ4n) is 2.96. The average Bonchev–Trinajstić information content (AvgIpc) is 2.72. The van der Waals surface area contributed by atoms with Gasteiger partial charge < -0.3 is 4.90 Å². The molecule has 2 aliphatic rings. The minimum Gasteiger partial charge on any atom is -0.361 e. The molecule has 0 aromatic rings. The van der Waals surface area contributed by atoms with Crippen LogP contribution < -0.4 is 0 Å². The highest BCUT2D eigenvalue weighted by Crippen LogP contribution is 2.48. The third kappa shape index (κ3) is 4.45. The van der Waals surface area contributed by atoms with E-state index in [0.29, 0.717) is 6.04 Å². The number of allylic oxidation sites excluding steroid dienone is 6. The van der Waals surface area contributed by atoms with Crippen molar-refractivity contribution in [1.29, 1.82) is 0 Å². The minimum atomic E-state index is -0.151. The van der Waals surface area contributed by atoms with Crippen molar-refractivity contribution >= 4 is 7.92 Å². The molecule has 0 saturated carbocycles. The van der Waals surface area contributed by atoms with E-state index in [1.807, 2.05) is 0 Å². The first-order valence-electron chi connectivity index (χ1n) is 8.07. The summed E-state index contributed by atoms with van der Waals surface area (Å²) in [5, 5.41) is 1.67. The molecule has 0 aromatic heterocycles. The second-order valence-electron chi connectivity index (χ2n) is 5.75. The summed E-state index contributed by atoms with van der Waals surface area (Å²) in [6.45, 7) is 7.83. The van der Waals surface area contributed by atoms with Gasteiger partial charge in [-0.15, -0.1) is 0 Å². The predicted octanol–water partition coefficient (Wildman–Crippen LogP) is 5.79. The SMILES string of the molecule is C/C=C\C(C)N1CC=CC/C=C\P(C)C2=C1C=CCCC2. The summed E-state index contributed by atoms with van der Waals surface area (Å²) in [6, 6.07) is 0.444. The molecule has 1 aliphatic heterocycles. The highest BCUT2D eigenvalue weighted by molar-refractivity contribution is 7.64. The van der Waals surface area contributed by atoms with Gasteiger partial charge in [0.2, 0.25) is 0 Å². The lowest BCUT2D eigenvalue weighted by molar-refractivity contribution is 0.347. The Hall–Kier alpha value is -1.07. The van der Waals surface area contributed by atoms with Gasteiger partial charge in [0.15, 0.2) is 0 Å². The van der Waals surface area contributed by atoms with Crippen molar-refractivity contribution in [2.75, 3.05) is 13.2 Å². The van der Waals surface area contributed by atoms with Gasteiger partial charge in [0.1, 0.15) is 0 Å². The number of nitrogens with zero attached hydrogens (tertiary/aromatic N) is 1. The Balaban J connectivity index is 2.45. The second-order valence-corrected chi connectivity index (χ2v) is 7.81. The standard InChI is InChI=1S/C19H28NP/c1-4-12-17(2)20-15-10-5-6-11-16-21(3)19-14-9-7-8-13-18(19)20/h4-5,8,10-13,16-17H,6-7,9,14-15H2,1-3H3/b10-5?,12-4-,16-11-. The Morgan fingerprint density at radius 1 is 1.24 bits per heavy atom. The van der Waals surface area contributed by atoms with Crippen molar-refractivity contribution in [2.45, 2.75) is 45.6 Å². The molecule has 0 bridgehead atoms. The number of hydrogen-bond donors (Lipinski definition) is 0. The van der Waals surface area contributed by atoms with Gasteiger partial charge >= 0.3 is 0 Å². The van der Waals surface area contributed by atoms with Crippen LogP contribution in [0.5, 0.6) is 0 Å². The Bertz CT molecular complexity index is 482. The minimum absolute atomic E-state index is 0.151. The fraction of sp³-hybridized carbons (Fsp3) is 0.474. The zero-order valence-electron chi connectivity index (χ0n) is 13.6. The Labute approximate surface area is 131 Å². The molecule has 0 aromatic carbocycles. The molecule has 0 saturated heterocycles. The van der Waals surface area contributed by atoms with Gasteiger partial charge in [-0.2, -0.15) is 0 Å². The van der Waals surface area contributed by atoms with Crippen LogP contribution in [0.2, 0.25) is 0 Å². The molecule has 114 valence electrons. The van der Waals surface area contributed by atoms with Gasteiger partial charge in [-0.3, -0.25) is 0 Å². The molecule has 2 atom stereocenters. The van der Waals surface area contributed by atoms with Crippen molar-refractivity contribution < 1.29 is 0 Å². The Morgan fingerprint density at radius 3 is 2.90 bits per heavy atom. The highest BCUT2D eigenvalue weighted by Gasteiger charge is 2.20. The van der Waals surface area contributed by atoms with Crippen LogP contribution in [-0.2, 0) is 0 Å². The lowest BCUT2D eigenvalue weighted by Crippen LogP contribution is -2.31. The normalized spacial score (nSPS) is 26.6. The topological polar surface area (TPSA) is 3.24 Å². The van der Waals surface area contributed by atoms with Crippen molar-refractivity contribution in [3.05, 3.63) is 59.4 Å². The van der Waals surface area contributed by atoms with Gasteiger partial charge in [-0.25, -0.2) is 0 Å². The van der Waals surface area contributed by atoms with Crippen molar-refractivity contribution in [1.82, 2.24) is 4.90 Å². The van der Waals surface area contributed by atoms with E-state index in [9.17, 15) is 0 Å². The number of rotatable bonds is 2. The second kappa shape index (κ2) is 8.39. The highest BCUT2D eigenvalue weighted by atomic mass is 31.1. The molecule has 0 amide bonds. The maximum absolute atomic E-state index is 2.56. The summed E-state index contributed by atoms with van der Waals surface area (Å²) >= 11 is 0. The smallest absolute Gasteiger partial charge is 0.0448 e. The first-order chi connectivity index (χ1) is 10.2. The lowest BCUT2D eigenvalue weighted by Gasteiger charge is -2.33. The summed E-state index contributed by atoms with van der Waals surface area (Å²) in [6.07, 6.45) is 21.0. The zero-order chi connectivity index (χ0) is 15.1. The predicted molar refractivity (Wildman–Crippen MR) is 96.7 cm³/mol. The van der Waals surface area contributed by atoms with Gasteiger partial charge in [-0.05, 0) is 57.6 Å². The van der Waals surface area contributed by atoms with Crippen molar-refractivity contribution in [2.24, 2.45) is 0 Å². The molecule has 21 heavy (non-hydrogen) atoms. The van der Waals surface area contributed by atoms with Gasteiger partial charge in [-0.1, -0.05) is 50.2 Å². The van der Waals surface area contributed by atoms with Crippen LogP contribution in [0.15, 0.2) is 59.4 Å². The molecular weight excluding hydrogens is 273 g/mol. The van der Waals surface area contributed by atoms with E-state index in [2.05, 4.69) is 73.8 Å². The van der Waals surface area contributed by atoms with E-state index in [-0.39, 0.29) is 7.92 Å². The zero-order valence-corrected chi connectivity index (χ0v) is 14.5. The molecule has 2 unspecified atom stereocenters. The third-order valence-electron chi connectivity index (χ3n) is 4.12. The van der Waals surface area contributed by atoms with Crippen LogP contribution in [-0.4, -0.2) is 24.2 Å². The van der Waals surface area contributed by atoms with Gasteiger partial charge in [0.05, 0.1) is 0 Å². The maximum atomic E-state index is 2.56. The first-order valence-corrected chi connectivity index (χ1v) is 9.93.